The van der Waals surface area contributed by atoms with E-state index >= 15 is 0 Å². The second-order valence-corrected chi connectivity index (χ2v) is 12.1. The van der Waals surface area contributed by atoms with Gasteiger partial charge in [-0.2, -0.15) is 0 Å². The summed E-state index contributed by atoms with van der Waals surface area (Å²) in [5.74, 6) is -0.251. The fraction of sp³-hybridized carbons (Fsp3) is 0.944. The zero-order chi connectivity index (χ0) is 29.2. The van der Waals surface area contributed by atoms with Crippen LogP contribution < -0.4 is 0 Å². The minimum atomic E-state index is -0.126. The van der Waals surface area contributed by atoms with E-state index in [0.29, 0.717) is 38.9 Å². The van der Waals surface area contributed by atoms with Gasteiger partial charge in [0.1, 0.15) is 0 Å². The lowest BCUT2D eigenvalue weighted by molar-refractivity contribution is -0.146. The van der Waals surface area contributed by atoms with Crippen molar-refractivity contribution in [3.05, 3.63) is 0 Å². The first kappa shape index (κ1) is 38.9. The van der Waals surface area contributed by atoms with Crippen LogP contribution in [0.4, 0.5) is 0 Å². The Morgan fingerprint density at radius 3 is 0.800 bits per heavy atom. The summed E-state index contributed by atoms with van der Waals surface area (Å²) < 4.78 is 10.7. The first-order valence-electron chi connectivity index (χ1n) is 18.0. The number of esters is 2. The van der Waals surface area contributed by atoms with Gasteiger partial charge in [-0.15, -0.1) is 0 Å². The number of rotatable bonds is 33. The van der Waals surface area contributed by atoms with E-state index in [9.17, 15) is 9.59 Å². The van der Waals surface area contributed by atoms with E-state index in [-0.39, 0.29) is 11.9 Å². The Morgan fingerprint density at radius 2 is 0.550 bits per heavy atom. The second kappa shape index (κ2) is 34.1. The summed E-state index contributed by atoms with van der Waals surface area (Å²) in [6, 6.07) is 0. The molecule has 0 atom stereocenters. The van der Waals surface area contributed by atoms with Gasteiger partial charge in [0.15, 0.2) is 0 Å². The molecule has 0 saturated heterocycles. The molecule has 0 aliphatic rings. The van der Waals surface area contributed by atoms with Crippen molar-refractivity contribution in [1.82, 2.24) is 0 Å². The van der Waals surface area contributed by atoms with Gasteiger partial charge >= 0.3 is 11.9 Å². The van der Waals surface area contributed by atoms with Gasteiger partial charge in [-0.25, -0.2) is 0 Å². The minimum Gasteiger partial charge on any atom is -0.466 e. The highest BCUT2D eigenvalue weighted by atomic mass is 16.5. The van der Waals surface area contributed by atoms with Gasteiger partial charge in [-0.3, -0.25) is 9.59 Å². The molecule has 0 spiro atoms. The Morgan fingerprint density at radius 1 is 0.325 bits per heavy atom. The van der Waals surface area contributed by atoms with Crippen LogP contribution in [-0.4, -0.2) is 25.2 Å². The van der Waals surface area contributed by atoms with Gasteiger partial charge in [0, 0.05) is 12.8 Å². The van der Waals surface area contributed by atoms with Gasteiger partial charge in [-0.1, -0.05) is 168 Å². The molecule has 0 heterocycles. The molecule has 0 aromatic rings. The molecule has 40 heavy (non-hydrogen) atoms. The van der Waals surface area contributed by atoms with E-state index in [1.54, 1.807) is 0 Å². The fourth-order valence-electron chi connectivity index (χ4n) is 5.29. The maximum atomic E-state index is 11.9. The molecule has 0 saturated carbocycles. The number of unbranched alkanes of at least 4 members (excludes halogenated alkanes) is 25. The Balaban J connectivity index is 3.26. The molecule has 0 N–H and O–H groups in total. The van der Waals surface area contributed by atoms with Crippen molar-refractivity contribution in [3.63, 3.8) is 0 Å². The van der Waals surface area contributed by atoms with Gasteiger partial charge in [0.25, 0.3) is 0 Å². The predicted molar refractivity (Wildman–Crippen MR) is 172 cm³/mol. The third-order valence-corrected chi connectivity index (χ3v) is 8.03. The minimum absolute atomic E-state index is 0.126. The number of ether oxygens (including phenoxy) is 2. The first-order valence-corrected chi connectivity index (χ1v) is 18.0. The Hall–Kier alpha value is -1.06. The number of hydrogen-bond acceptors (Lipinski definition) is 4. The summed E-state index contributed by atoms with van der Waals surface area (Å²) in [5, 5.41) is 0. The van der Waals surface area contributed by atoms with Gasteiger partial charge in [0.2, 0.25) is 0 Å². The quantitative estimate of drug-likeness (QED) is 0.0585. The Kier molecular flexibility index (Phi) is 33.2. The molecule has 4 heteroatoms. The fourth-order valence-corrected chi connectivity index (χ4v) is 5.29. The molecule has 0 rings (SSSR count). The third-order valence-electron chi connectivity index (χ3n) is 8.03. The normalized spacial score (nSPS) is 11.2. The SMILES string of the molecule is CCCCCCCCCCCCCCCOC(=O)CCCCC(=O)OCCCCCCCCCCCCCCC. The smallest absolute Gasteiger partial charge is 0.305 e. The molecule has 0 fully saturated rings. The van der Waals surface area contributed by atoms with Gasteiger partial charge < -0.3 is 9.47 Å². The largest absolute Gasteiger partial charge is 0.466 e. The van der Waals surface area contributed by atoms with Crippen LogP contribution >= 0.6 is 0 Å². The predicted octanol–water partition coefficient (Wildman–Crippen LogP) is 11.8. The zero-order valence-electron chi connectivity index (χ0n) is 27.3. The summed E-state index contributed by atoms with van der Waals surface area (Å²) in [6.45, 7) is 5.62. The maximum absolute atomic E-state index is 11.9. The van der Waals surface area contributed by atoms with Crippen LogP contribution in [0.2, 0.25) is 0 Å². The van der Waals surface area contributed by atoms with Crippen LogP contribution in [0.1, 0.15) is 206 Å². The molecule has 0 aromatic heterocycles. The average Bonchev–Trinajstić information content (AvgIpc) is 2.95. The lowest BCUT2D eigenvalue weighted by Gasteiger charge is -2.06. The highest BCUT2D eigenvalue weighted by Gasteiger charge is 2.06. The van der Waals surface area contributed by atoms with Crippen LogP contribution in [-0.2, 0) is 19.1 Å². The molecule has 238 valence electrons. The highest BCUT2D eigenvalue weighted by Crippen LogP contribution is 2.14. The molecule has 0 unspecified atom stereocenters. The van der Waals surface area contributed by atoms with Crippen LogP contribution in [0.25, 0.3) is 0 Å². The average molecular weight is 567 g/mol. The van der Waals surface area contributed by atoms with Crippen molar-refractivity contribution in [2.24, 2.45) is 0 Å². The lowest BCUT2D eigenvalue weighted by atomic mass is 10.0. The summed E-state index contributed by atoms with van der Waals surface area (Å²) in [6.07, 6.45) is 36.5. The van der Waals surface area contributed by atoms with E-state index in [1.807, 2.05) is 0 Å². The maximum Gasteiger partial charge on any atom is 0.305 e. The lowest BCUT2D eigenvalue weighted by Crippen LogP contribution is -2.08. The van der Waals surface area contributed by atoms with Crippen LogP contribution in [0.5, 0.6) is 0 Å². The molecule has 0 radical (unpaired) electrons. The summed E-state index contributed by atoms with van der Waals surface area (Å²) in [5.41, 5.74) is 0. The number of carbonyl (C=O) groups is 2. The number of hydrogen-bond donors (Lipinski definition) is 0. The molecule has 0 aliphatic carbocycles. The molecular formula is C36H70O4. The van der Waals surface area contributed by atoms with Crippen LogP contribution in [0.15, 0.2) is 0 Å². The van der Waals surface area contributed by atoms with Gasteiger partial charge in [0.05, 0.1) is 13.2 Å². The van der Waals surface area contributed by atoms with Crippen molar-refractivity contribution in [2.75, 3.05) is 13.2 Å². The Labute approximate surface area is 250 Å². The van der Waals surface area contributed by atoms with Crippen molar-refractivity contribution < 1.29 is 19.1 Å². The highest BCUT2D eigenvalue weighted by molar-refractivity contribution is 5.70. The van der Waals surface area contributed by atoms with E-state index in [4.69, 9.17) is 9.47 Å². The Bertz CT molecular complexity index is 473. The van der Waals surface area contributed by atoms with E-state index < -0.39 is 0 Å². The van der Waals surface area contributed by atoms with E-state index in [2.05, 4.69) is 13.8 Å². The first-order chi connectivity index (χ1) is 19.7. The molecule has 0 aromatic carbocycles. The summed E-state index contributed by atoms with van der Waals surface area (Å²) in [4.78, 5) is 23.8. The topological polar surface area (TPSA) is 52.6 Å². The molecule has 0 amide bonds. The van der Waals surface area contributed by atoms with Crippen molar-refractivity contribution >= 4 is 11.9 Å². The van der Waals surface area contributed by atoms with E-state index in [0.717, 1.165) is 25.7 Å². The van der Waals surface area contributed by atoms with Gasteiger partial charge in [-0.05, 0) is 25.7 Å². The monoisotopic (exact) mass is 567 g/mol. The summed E-state index contributed by atoms with van der Waals surface area (Å²) >= 11 is 0. The molecule has 0 aliphatic heterocycles. The number of carbonyl (C=O) groups excluding carboxylic acids is 2. The molecule has 0 bridgehead atoms. The van der Waals surface area contributed by atoms with Crippen molar-refractivity contribution in [1.29, 1.82) is 0 Å². The summed E-state index contributed by atoms with van der Waals surface area (Å²) in [7, 11) is 0. The van der Waals surface area contributed by atoms with Crippen LogP contribution in [0, 0.1) is 0 Å². The van der Waals surface area contributed by atoms with Crippen molar-refractivity contribution in [3.8, 4) is 0 Å². The zero-order valence-corrected chi connectivity index (χ0v) is 27.3. The molecular weight excluding hydrogens is 496 g/mol. The van der Waals surface area contributed by atoms with E-state index in [1.165, 1.54) is 141 Å². The second-order valence-electron chi connectivity index (χ2n) is 12.1. The third kappa shape index (κ3) is 33.1. The van der Waals surface area contributed by atoms with Crippen LogP contribution in [0.3, 0.4) is 0 Å². The standard InChI is InChI=1S/C36H70O4/c1-3-5-7-9-11-13-15-17-19-21-23-25-29-33-39-35(37)31-27-28-32-36(38)40-34-30-26-24-22-20-18-16-14-12-10-8-6-4-2/h3-34H2,1-2H3. The van der Waals surface area contributed by atoms with Crippen molar-refractivity contribution in [2.45, 2.75) is 206 Å². The molecule has 4 nitrogen and oxygen atoms in total.